The molecule has 0 saturated carbocycles. The monoisotopic (exact) mass is 256 g/mol. The van der Waals surface area contributed by atoms with E-state index in [0.29, 0.717) is 11.7 Å². The van der Waals surface area contributed by atoms with Crippen LogP contribution in [0.2, 0.25) is 0 Å². The van der Waals surface area contributed by atoms with E-state index < -0.39 is 5.97 Å². The van der Waals surface area contributed by atoms with E-state index in [9.17, 15) is 4.79 Å². The Labute approximate surface area is 112 Å². The van der Waals surface area contributed by atoms with E-state index in [1.165, 1.54) is 12.1 Å². The zero-order valence-electron chi connectivity index (χ0n) is 11.0. The van der Waals surface area contributed by atoms with E-state index >= 15 is 0 Å². The Morgan fingerprint density at radius 2 is 1.68 bits per heavy atom. The normalized spacial score (nSPS) is 10.5. The second-order valence-electron chi connectivity index (χ2n) is 4.62. The highest BCUT2D eigenvalue weighted by Crippen LogP contribution is 2.30. The van der Waals surface area contributed by atoms with Crippen LogP contribution in [-0.4, -0.2) is 11.1 Å². The number of carboxylic acid groups (broad SMARTS) is 1. The van der Waals surface area contributed by atoms with Gasteiger partial charge in [-0.1, -0.05) is 32.0 Å². The van der Waals surface area contributed by atoms with Crippen molar-refractivity contribution in [2.75, 3.05) is 0 Å². The first-order valence-corrected chi connectivity index (χ1v) is 6.18. The van der Waals surface area contributed by atoms with Crippen LogP contribution in [0.1, 0.15) is 35.7 Å². The van der Waals surface area contributed by atoms with Crippen molar-refractivity contribution in [3.8, 4) is 11.5 Å². The summed E-state index contributed by atoms with van der Waals surface area (Å²) in [4.78, 5) is 10.8. The van der Waals surface area contributed by atoms with Gasteiger partial charge in [0.1, 0.15) is 11.5 Å². The summed E-state index contributed by atoms with van der Waals surface area (Å²) in [6.45, 7) is 4.21. The maximum atomic E-state index is 10.8. The molecular formula is C16H16O3. The van der Waals surface area contributed by atoms with Crippen LogP contribution in [0.5, 0.6) is 11.5 Å². The largest absolute Gasteiger partial charge is 0.478 e. The molecule has 1 N–H and O–H groups in total. The van der Waals surface area contributed by atoms with Crippen LogP contribution in [0.4, 0.5) is 0 Å². The third-order valence-electron chi connectivity index (χ3n) is 2.87. The Balaban J connectivity index is 2.24. The predicted molar refractivity (Wildman–Crippen MR) is 74.0 cm³/mol. The first kappa shape index (κ1) is 13.1. The predicted octanol–water partition coefficient (Wildman–Crippen LogP) is 4.30. The van der Waals surface area contributed by atoms with E-state index in [-0.39, 0.29) is 5.56 Å². The average Bonchev–Trinajstić information content (AvgIpc) is 2.39. The summed E-state index contributed by atoms with van der Waals surface area (Å²) < 4.78 is 5.81. The topological polar surface area (TPSA) is 46.5 Å². The maximum Gasteiger partial charge on any atom is 0.335 e. The zero-order chi connectivity index (χ0) is 13.8. The minimum absolute atomic E-state index is 0.254. The Morgan fingerprint density at radius 1 is 1.05 bits per heavy atom. The molecule has 0 aliphatic rings. The molecule has 0 unspecified atom stereocenters. The highest BCUT2D eigenvalue weighted by molar-refractivity contribution is 5.87. The summed E-state index contributed by atoms with van der Waals surface area (Å²) in [7, 11) is 0. The van der Waals surface area contributed by atoms with Crippen LogP contribution >= 0.6 is 0 Å². The fourth-order valence-electron chi connectivity index (χ4n) is 1.84. The molecule has 2 aromatic carbocycles. The highest BCUT2D eigenvalue weighted by atomic mass is 16.5. The Kier molecular flexibility index (Phi) is 3.85. The van der Waals surface area contributed by atoms with E-state index in [2.05, 4.69) is 13.8 Å². The number of aromatic carboxylic acids is 1. The standard InChI is InChI=1S/C16H16O3/c1-11(2)14-5-3-4-6-15(14)19-13-9-7-12(8-10-13)16(17)18/h3-11H,1-2H3,(H,17,18). The third-order valence-corrected chi connectivity index (χ3v) is 2.87. The maximum absolute atomic E-state index is 10.8. The fraction of sp³-hybridized carbons (Fsp3) is 0.188. The van der Waals surface area contributed by atoms with Gasteiger partial charge in [-0.15, -0.1) is 0 Å². The van der Waals surface area contributed by atoms with Gasteiger partial charge in [-0.05, 0) is 41.8 Å². The Morgan fingerprint density at radius 3 is 2.26 bits per heavy atom. The van der Waals surface area contributed by atoms with E-state index in [1.54, 1.807) is 12.1 Å². The first-order valence-electron chi connectivity index (χ1n) is 6.18. The van der Waals surface area contributed by atoms with E-state index in [1.807, 2.05) is 24.3 Å². The van der Waals surface area contributed by atoms with E-state index in [0.717, 1.165) is 11.3 Å². The van der Waals surface area contributed by atoms with Crippen molar-refractivity contribution in [3.63, 3.8) is 0 Å². The molecule has 2 aromatic rings. The molecule has 0 fully saturated rings. The van der Waals surface area contributed by atoms with Crippen molar-refractivity contribution in [1.29, 1.82) is 0 Å². The molecular weight excluding hydrogens is 240 g/mol. The van der Waals surface area contributed by atoms with Crippen LogP contribution in [0.15, 0.2) is 48.5 Å². The fourth-order valence-corrected chi connectivity index (χ4v) is 1.84. The number of hydrogen-bond donors (Lipinski definition) is 1. The molecule has 0 aliphatic heterocycles. The van der Waals surface area contributed by atoms with Crippen molar-refractivity contribution in [1.82, 2.24) is 0 Å². The average molecular weight is 256 g/mol. The van der Waals surface area contributed by atoms with Gasteiger partial charge in [-0.25, -0.2) is 4.79 Å². The molecule has 0 bridgehead atoms. The molecule has 0 atom stereocenters. The summed E-state index contributed by atoms with van der Waals surface area (Å²) in [5.41, 5.74) is 1.38. The minimum atomic E-state index is -0.936. The summed E-state index contributed by atoms with van der Waals surface area (Å²) in [6, 6.07) is 14.3. The summed E-state index contributed by atoms with van der Waals surface area (Å²) in [5.74, 6) is 0.877. The van der Waals surface area contributed by atoms with Crippen molar-refractivity contribution in [2.24, 2.45) is 0 Å². The quantitative estimate of drug-likeness (QED) is 0.887. The van der Waals surface area contributed by atoms with Crippen molar-refractivity contribution >= 4 is 5.97 Å². The number of ether oxygens (including phenoxy) is 1. The van der Waals surface area contributed by atoms with Gasteiger partial charge in [0, 0.05) is 0 Å². The Hall–Kier alpha value is -2.29. The van der Waals surface area contributed by atoms with Gasteiger partial charge < -0.3 is 9.84 Å². The molecule has 0 aliphatic carbocycles. The number of benzene rings is 2. The number of rotatable bonds is 4. The van der Waals surface area contributed by atoms with Crippen LogP contribution in [0.25, 0.3) is 0 Å². The smallest absolute Gasteiger partial charge is 0.335 e. The van der Waals surface area contributed by atoms with Gasteiger partial charge >= 0.3 is 5.97 Å². The molecule has 3 heteroatoms. The van der Waals surface area contributed by atoms with Crippen LogP contribution in [0, 0.1) is 0 Å². The number of hydrogen-bond acceptors (Lipinski definition) is 2. The molecule has 0 aromatic heterocycles. The van der Waals surface area contributed by atoms with Crippen molar-refractivity contribution < 1.29 is 14.6 Å². The molecule has 2 rings (SSSR count). The van der Waals surface area contributed by atoms with Crippen LogP contribution in [-0.2, 0) is 0 Å². The Bertz CT molecular complexity index is 571. The second kappa shape index (κ2) is 5.57. The van der Waals surface area contributed by atoms with Crippen molar-refractivity contribution in [3.05, 3.63) is 59.7 Å². The minimum Gasteiger partial charge on any atom is -0.478 e. The zero-order valence-corrected chi connectivity index (χ0v) is 11.0. The first-order chi connectivity index (χ1) is 9.08. The molecule has 0 heterocycles. The lowest BCUT2D eigenvalue weighted by Gasteiger charge is -2.13. The van der Waals surface area contributed by atoms with Crippen molar-refractivity contribution in [2.45, 2.75) is 19.8 Å². The van der Waals surface area contributed by atoms with Gasteiger partial charge in [0.25, 0.3) is 0 Å². The van der Waals surface area contributed by atoms with Gasteiger partial charge in [0.2, 0.25) is 0 Å². The number of para-hydroxylation sites is 1. The van der Waals surface area contributed by atoms with E-state index in [4.69, 9.17) is 9.84 Å². The van der Waals surface area contributed by atoms with Crippen LogP contribution < -0.4 is 4.74 Å². The molecule has 0 spiro atoms. The van der Waals surface area contributed by atoms with Gasteiger partial charge in [-0.2, -0.15) is 0 Å². The lowest BCUT2D eigenvalue weighted by Crippen LogP contribution is -1.96. The van der Waals surface area contributed by atoms with Gasteiger partial charge in [0.15, 0.2) is 0 Å². The third kappa shape index (κ3) is 3.13. The summed E-state index contributed by atoms with van der Waals surface area (Å²) >= 11 is 0. The summed E-state index contributed by atoms with van der Waals surface area (Å²) in [5, 5.41) is 8.84. The number of carboxylic acids is 1. The van der Waals surface area contributed by atoms with Gasteiger partial charge in [-0.3, -0.25) is 0 Å². The molecule has 98 valence electrons. The highest BCUT2D eigenvalue weighted by Gasteiger charge is 2.08. The number of carbonyl (C=O) groups is 1. The molecule has 3 nitrogen and oxygen atoms in total. The van der Waals surface area contributed by atoms with Gasteiger partial charge in [0.05, 0.1) is 5.56 Å². The molecule has 0 radical (unpaired) electrons. The second-order valence-corrected chi connectivity index (χ2v) is 4.62. The summed E-state index contributed by atoms with van der Waals surface area (Å²) in [6.07, 6.45) is 0. The lowest BCUT2D eigenvalue weighted by atomic mass is 10.0. The van der Waals surface area contributed by atoms with Crippen LogP contribution in [0.3, 0.4) is 0 Å². The lowest BCUT2D eigenvalue weighted by molar-refractivity contribution is 0.0697. The molecule has 0 saturated heterocycles. The SMILES string of the molecule is CC(C)c1ccccc1Oc1ccc(C(=O)O)cc1. The molecule has 0 amide bonds. The molecule has 19 heavy (non-hydrogen) atoms.